The second-order valence-corrected chi connectivity index (χ2v) is 12.0. The molecule has 0 saturated carbocycles. The molecule has 9 aromatic rings. The van der Waals surface area contributed by atoms with Crippen LogP contribution in [0.25, 0.3) is 89.5 Å². The molecule has 0 amide bonds. The minimum Gasteiger partial charge on any atom is -0.302 e. The van der Waals surface area contributed by atoms with Gasteiger partial charge in [-0.1, -0.05) is 105 Å². The monoisotopic (exact) mass is 594 g/mol. The topological polar surface area (TPSA) is 19.7 Å². The van der Waals surface area contributed by atoms with Crippen LogP contribution >= 0.6 is 0 Å². The van der Waals surface area contributed by atoms with Crippen LogP contribution in [0, 0.1) is 0 Å². The van der Waals surface area contributed by atoms with Crippen LogP contribution in [-0.2, 0) is 0 Å². The maximum Gasteiger partial charge on any atom is 0.131 e. The largest absolute Gasteiger partial charge is 0.302 e. The Morgan fingerprint density at radius 2 is 0.804 bits per heavy atom. The molecule has 0 atom stereocenters. The van der Waals surface area contributed by atoms with E-state index in [4.69, 9.17) is 0 Å². The summed E-state index contributed by atoms with van der Waals surface area (Å²) in [5.41, 5.74) is 9.49. The highest BCUT2D eigenvalue weighted by atomic mass is 15.1. The molecule has 0 spiro atoms. The van der Waals surface area contributed by atoms with Gasteiger partial charge in [-0.2, -0.15) is 0 Å². The van der Waals surface area contributed by atoms with Gasteiger partial charge in [0.05, 0.1) is 22.1 Å². The lowest BCUT2D eigenvalue weighted by molar-refractivity contribution is 1.07. The first-order valence-corrected chi connectivity index (χ1v) is 16.3. The molecule has 4 aromatic heterocycles. The Hall–Kier alpha value is -5.74. The van der Waals surface area contributed by atoms with Gasteiger partial charge < -0.3 is 9.13 Å². The Balaban J connectivity index is 1.40. The highest BCUT2D eigenvalue weighted by Gasteiger charge is 2.22. The second kappa shape index (κ2) is 10.4. The van der Waals surface area contributed by atoms with Crippen LogP contribution < -0.4 is 0 Å². The summed E-state index contributed by atoms with van der Waals surface area (Å²) in [6.45, 7) is 4.38. The fourth-order valence-electron chi connectivity index (χ4n) is 7.48. The molecule has 0 aliphatic rings. The Bertz CT molecular complexity index is 2480. The molecule has 0 aliphatic carbocycles. The fourth-order valence-corrected chi connectivity index (χ4v) is 7.48. The van der Waals surface area contributed by atoms with Crippen LogP contribution in [0.15, 0.2) is 133 Å². The van der Waals surface area contributed by atoms with Crippen molar-refractivity contribution in [2.24, 2.45) is 0 Å². The maximum absolute atomic E-state index is 2.45. The third-order valence-corrected chi connectivity index (χ3v) is 9.35. The van der Waals surface area contributed by atoms with Crippen molar-refractivity contribution in [3.05, 3.63) is 133 Å². The lowest BCUT2D eigenvalue weighted by Crippen LogP contribution is -2.02. The van der Waals surface area contributed by atoms with Gasteiger partial charge in [-0.3, -0.25) is 9.13 Å². The van der Waals surface area contributed by atoms with Crippen LogP contribution in [-0.4, -0.2) is 18.3 Å². The van der Waals surface area contributed by atoms with E-state index in [9.17, 15) is 0 Å². The van der Waals surface area contributed by atoms with Gasteiger partial charge in [-0.15, -0.1) is 0 Å². The van der Waals surface area contributed by atoms with Crippen molar-refractivity contribution in [2.45, 2.75) is 26.7 Å². The molecule has 4 heterocycles. The molecule has 0 radical (unpaired) electrons. The fraction of sp³-hybridized carbons (Fsp3) is 0.0952. The quantitative estimate of drug-likeness (QED) is 0.182. The predicted molar refractivity (Wildman–Crippen MR) is 197 cm³/mol. The van der Waals surface area contributed by atoms with E-state index in [2.05, 4.69) is 178 Å². The molecule has 0 saturated heterocycles. The third kappa shape index (κ3) is 3.67. The summed E-state index contributed by atoms with van der Waals surface area (Å²) in [6, 6.07) is 44.2. The van der Waals surface area contributed by atoms with E-state index in [-0.39, 0.29) is 0 Å². The van der Waals surface area contributed by atoms with E-state index in [1.54, 1.807) is 0 Å². The first-order valence-electron chi connectivity index (χ1n) is 16.3. The van der Waals surface area contributed by atoms with E-state index in [0.29, 0.717) is 0 Å². The van der Waals surface area contributed by atoms with E-state index in [1.807, 2.05) is 0 Å². The smallest absolute Gasteiger partial charge is 0.131 e. The lowest BCUT2D eigenvalue weighted by Gasteiger charge is -2.14. The molecule has 222 valence electrons. The molecule has 9 rings (SSSR count). The zero-order valence-electron chi connectivity index (χ0n) is 26.1. The van der Waals surface area contributed by atoms with Crippen molar-refractivity contribution in [3.63, 3.8) is 0 Å². The highest BCUT2D eigenvalue weighted by Crippen LogP contribution is 2.42. The zero-order valence-corrected chi connectivity index (χ0v) is 26.1. The average Bonchev–Trinajstić information content (AvgIpc) is 3.81. The predicted octanol–water partition coefficient (Wildman–Crippen LogP) is 11.6. The van der Waals surface area contributed by atoms with Gasteiger partial charge in [0.2, 0.25) is 0 Å². The minimum atomic E-state index is 0.973. The lowest BCUT2D eigenvalue weighted by atomic mass is 10.1. The van der Waals surface area contributed by atoms with Crippen LogP contribution in [0.4, 0.5) is 0 Å². The Morgan fingerprint density at radius 3 is 1.22 bits per heavy atom. The van der Waals surface area contributed by atoms with Crippen molar-refractivity contribution < 1.29 is 0 Å². The summed E-state index contributed by atoms with van der Waals surface area (Å²) in [5.74, 6) is 0. The standard InChI is InChI=1S/C42H34N4/c1-3-5-26-43-35-22-11-7-18-31(35)39-33-20-9-13-24-37(33)45(41(39)43)29-16-15-17-30(28-29)46-38-25-14-10-21-34(38)40-32-19-8-12-23-36(32)44(42(40)46)27-6-4-2/h5-28H,3-4H2,1-2H3. The number of para-hydroxylation sites is 4. The van der Waals surface area contributed by atoms with Crippen LogP contribution in [0.1, 0.15) is 26.7 Å². The number of rotatable bonds is 6. The molecule has 0 unspecified atom stereocenters. The van der Waals surface area contributed by atoms with Crippen LogP contribution in [0.3, 0.4) is 0 Å². The van der Waals surface area contributed by atoms with Gasteiger partial charge in [0.1, 0.15) is 11.3 Å². The van der Waals surface area contributed by atoms with Crippen molar-refractivity contribution >= 4 is 78.1 Å². The maximum atomic E-state index is 2.45. The van der Waals surface area contributed by atoms with Gasteiger partial charge in [-0.25, -0.2) is 0 Å². The van der Waals surface area contributed by atoms with Gasteiger partial charge in [-0.05, 0) is 55.3 Å². The van der Waals surface area contributed by atoms with Gasteiger partial charge in [0, 0.05) is 56.1 Å². The summed E-state index contributed by atoms with van der Waals surface area (Å²) < 4.78 is 9.64. The summed E-state index contributed by atoms with van der Waals surface area (Å²) in [7, 11) is 0. The SMILES string of the molecule is CCC=Cn1c2ccccc2c2c3ccccc3n(-c3cccc(-n4c5ccccc5c5c6ccccc6n(C=CCC)c54)c3)c21. The van der Waals surface area contributed by atoms with E-state index < -0.39 is 0 Å². The van der Waals surface area contributed by atoms with Crippen molar-refractivity contribution in [2.75, 3.05) is 0 Å². The first kappa shape index (κ1) is 26.6. The van der Waals surface area contributed by atoms with Crippen molar-refractivity contribution in [1.29, 1.82) is 0 Å². The number of hydrogen-bond acceptors (Lipinski definition) is 0. The van der Waals surface area contributed by atoms with Gasteiger partial charge in [0.15, 0.2) is 0 Å². The summed E-state index contributed by atoms with van der Waals surface area (Å²) in [5, 5.41) is 7.65. The van der Waals surface area contributed by atoms with Gasteiger partial charge in [0.25, 0.3) is 0 Å². The van der Waals surface area contributed by atoms with Crippen LogP contribution in [0.2, 0.25) is 0 Å². The molecule has 0 aliphatic heterocycles. The molecule has 4 heteroatoms. The van der Waals surface area contributed by atoms with Crippen molar-refractivity contribution in [3.8, 4) is 11.4 Å². The minimum absolute atomic E-state index is 0.973. The molecule has 0 N–H and O–H groups in total. The Morgan fingerprint density at radius 1 is 0.435 bits per heavy atom. The first-order chi connectivity index (χ1) is 22.8. The Kier molecular flexibility index (Phi) is 6.04. The van der Waals surface area contributed by atoms with E-state index in [0.717, 1.165) is 24.2 Å². The third-order valence-electron chi connectivity index (χ3n) is 9.35. The molecular formula is C42H34N4. The molecule has 0 fully saturated rings. The number of allylic oxidation sites excluding steroid dienone is 2. The summed E-state index contributed by atoms with van der Waals surface area (Å²) >= 11 is 0. The number of hydrogen-bond donors (Lipinski definition) is 0. The molecule has 0 bridgehead atoms. The average molecular weight is 595 g/mol. The Labute approximate surface area is 267 Å². The number of benzene rings is 5. The molecule has 46 heavy (non-hydrogen) atoms. The number of nitrogens with zero attached hydrogens (tertiary/aromatic N) is 4. The molecule has 4 nitrogen and oxygen atoms in total. The number of fused-ring (bicyclic) bond motifs is 10. The van der Waals surface area contributed by atoms with Gasteiger partial charge >= 0.3 is 0 Å². The van der Waals surface area contributed by atoms with E-state index in [1.165, 1.54) is 65.7 Å². The number of aromatic nitrogens is 4. The highest BCUT2D eigenvalue weighted by molar-refractivity contribution is 6.23. The summed E-state index contributed by atoms with van der Waals surface area (Å²) in [6.07, 6.45) is 10.9. The molecule has 5 aromatic carbocycles. The zero-order chi connectivity index (χ0) is 30.8. The molecular weight excluding hydrogens is 560 g/mol. The van der Waals surface area contributed by atoms with E-state index >= 15 is 0 Å². The van der Waals surface area contributed by atoms with Crippen LogP contribution in [0.5, 0.6) is 0 Å². The summed E-state index contributed by atoms with van der Waals surface area (Å²) in [4.78, 5) is 0. The van der Waals surface area contributed by atoms with Crippen molar-refractivity contribution in [1.82, 2.24) is 18.3 Å². The normalized spacial score (nSPS) is 12.6. The second-order valence-electron chi connectivity index (χ2n) is 12.0.